The van der Waals surface area contributed by atoms with Gasteiger partial charge in [0.15, 0.2) is 0 Å². The third-order valence-electron chi connectivity index (χ3n) is 3.18. The molecule has 0 spiro atoms. The highest BCUT2D eigenvalue weighted by atomic mass is 16.2. The summed E-state index contributed by atoms with van der Waals surface area (Å²) in [5.74, 6) is 4.83. The van der Waals surface area contributed by atoms with Gasteiger partial charge in [0.2, 0.25) is 0 Å². The Labute approximate surface area is 115 Å². The van der Waals surface area contributed by atoms with Gasteiger partial charge >= 0.3 is 0 Å². The molecule has 0 fully saturated rings. The normalized spacial score (nSPS) is 10.7. The maximum atomic E-state index is 11.6. The molecule has 0 atom stereocenters. The molecule has 3 rings (SSSR count). The third kappa shape index (κ3) is 1.92. The number of amides is 1. The van der Waals surface area contributed by atoms with Gasteiger partial charge in [-0.25, -0.2) is 10.5 Å². The van der Waals surface area contributed by atoms with Gasteiger partial charge in [-0.2, -0.15) is 0 Å². The lowest BCUT2D eigenvalue weighted by Gasteiger charge is -2.08. The fourth-order valence-electron chi connectivity index (χ4n) is 2.11. The zero-order valence-corrected chi connectivity index (χ0v) is 10.9. The molecule has 1 aromatic heterocycles. The van der Waals surface area contributed by atoms with Crippen LogP contribution in [0.15, 0.2) is 42.5 Å². The highest BCUT2D eigenvalue weighted by Crippen LogP contribution is 2.20. The lowest BCUT2D eigenvalue weighted by molar-refractivity contribution is 0.0953. The maximum absolute atomic E-state index is 11.6. The fourth-order valence-corrected chi connectivity index (χ4v) is 2.11. The van der Waals surface area contributed by atoms with Crippen LogP contribution in [0.5, 0.6) is 0 Å². The first-order valence-electron chi connectivity index (χ1n) is 6.13. The average Bonchev–Trinajstić information content (AvgIpc) is 2.91. The Balaban J connectivity index is 2.21. The number of aryl methyl sites for hydroxylation is 1. The van der Waals surface area contributed by atoms with E-state index in [4.69, 9.17) is 5.84 Å². The molecule has 1 heterocycles. The van der Waals surface area contributed by atoms with Crippen molar-refractivity contribution in [2.45, 2.75) is 6.92 Å². The fraction of sp³-hybridized carbons (Fsp3) is 0.0714. The van der Waals surface area contributed by atoms with E-state index in [1.54, 1.807) is 16.8 Å². The zero-order valence-electron chi connectivity index (χ0n) is 10.9. The van der Waals surface area contributed by atoms with Crippen LogP contribution in [-0.2, 0) is 0 Å². The van der Waals surface area contributed by atoms with Crippen molar-refractivity contribution in [2.24, 2.45) is 5.84 Å². The van der Waals surface area contributed by atoms with Gasteiger partial charge in [0.1, 0.15) is 5.52 Å². The summed E-state index contributed by atoms with van der Waals surface area (Å²) in [5.41, 5.74) is 6.10. The number of para-hydroxylation sites is 1. The predicted molar refractivity (Wildman–Crippen MR) is 75.3 cm³/mol. The van der Waals surface area contributed by atoms with Crippen molar-refractivity contribution in [1.29, 1.82) is 0 Å². The number of hydrazine groups is 1. The number of nitrogens with one attached hydrogen (secondary N) is 1. The monoisotopic (exact) mass is 267 g/mol. The van der Waals surface area contributed by atoms with Gasteiger partial charge in [-0.3, -0.25) is 10.2 Å². The van der Waals surface area contributed by atoms with Gasteiger partial charge in [-0.15, -0.1) is 5.10 Å². The number of nitrogens with zero attached hydrogens (tertiary/aromatic N) is 3. The van der Waals surface area contributed by atoms with Crippen LogP contribution in [0.4, 0.5) is 0 Å². The van der Waals surface area contributed by atoms with E-state index in [2.05, 4.69) is 15.7 Å². The molecule has 3 N–H and O–H groups in total. The lowest BCUT2D eigenvalue weighted by Crippen LogP contribution is -2.30. The van der Waals surface area contributed by atoms with Gasteiger partial charge in [0, 0.05) is 5.56 Å². The molecule has 0 saturated carbocycles. The van der Waals surface area contributed by atoms with Gasteiger partial charge in [0.05, 0.1) is 11.2 Å². The van der Waals surface area contributed by atoms with Crippen molar-refractivity contribution in [3.8, 4) is 5.69 Å². The van der Waals surface area contributed by atoms with Crippen LogP contribution in [0, 0.1) is 6.92 Å². The Bertz CT molecular complexity index is 793. The van der Waals surface area contributed by atoms with Crippen LogP contribution in [-0.4, -0.2) is 20.9 Å². The summed E-state index contributed by atoms with van der Waals surface area (Å²) in [6.45, 7) is 1.95. The first-order chi connectivity index (χ1) is 9.70. The maximum Gasteiger partial charge on any atom is 0.265 e. The van der Waals surface area contributed by atoms with Crippen LogP contribution >= 0.6 is 0 Å². The summed E-state index contributed by atoms with van der Waals surface area (Å²) < 4.78 is 1.72. The second-order valence-corrected chi connectivity index (χ2v) is 4.46. The number of hydrogen-bond acceptors (Lipinski definition) is 4. The number of rotatable bonds is 2. The molecule has 1 amide bonds. The van der Waals surface area contributed by atoms with E-state index >= 15 is 0 Å². The first-order valence-corrected chi connectivity index (χ1v) is 6.13. The number of benzene rings is 2. The minimum absolute atomic E-state index is 0.337. The quantitative estimate of drug-likeness (QED) is 0.416. The Kier molecular flexibility index (Phi) is 2.92. The summed E-state index contributed by atoms with van der Waals surface area (Å²) in [4.78, 5) is 11.6. The van der Waals surface area contributed by atoms with E-state index in [0.717, 1.165) is 22.3 Å². The van der Waals surface area contributed by atoms with E-state index in [-0.39, 0.29) is 5.91 Å². The van der Waals surface area contributed by atoms with Crippen molar-refractivity contribution in [2.75, 3.05) is 0 Å². The molecule has 6 nitrogen and oxygen atoms in total. The van der Waals surface area contributed by atoms with Crippen molar-refractivity contribution in [3.63, 3.8) is 0 Å². The predicted octanol–water partition coefficient (Wildman–Crippen LogP) is 1.33. The van der Waals surface area contributed by atoms with E-state index in [1.165, 1.54) is 0 Å². The molecule has 0 aliphatic rings. The molecular formula is C14H13N5O. The number of carbonyl (C=O) groups is 1. The molecule has 6 heteroatoms. The average molecular weight is 267 g/mol. The number of fused-ring (bicyclic) bond motifs is 1. The zero-order chi connectivity index (χ0) is 14.1. The Hall–Kier alpha value is -2.73. The molecule has 100 valence electrons. The van der Waals surface area contributed by atoms with Crippen LogP contribution < -0.4 is 11.3 Å². The van der Waals surface area contributed by atoms with Crippen LogP contribution in [0.1, 0.15) is 15.9 Å². The topological polar surface area (TPSA) is 85.8 Å². The summed E-state index contributed by atoms with van der Waals surface area (Å²) in [7, 11) is 0. The van der Waals surface area contributed by atoms with Crippen molar-refractivity contribution in [3.05, 3.63) is 53.6 Å². The van der Waals surface area contributed by atoms with Crippen molar-refractivity contribution >= 4 is 16.9 Å². The Morgan fingerprint density at radius 1 is 1.25 bits per heavy atom. The second-order valence-electron chi connectivity index (χ2n) is 4.46. The van der Waals surface area contributed by atoms with Crippen LogP contribution in [0.25, 0.3) is 16.7 Å². The third-order valence-corrected chi connectivity index (χ3v) is 3.18. The highest BCUT2D eigenvalue weighted by molar-refractivity contribution is 5.94. The van der Waals surface area contributed by atoms with Gasteiger partial charge < -0.3 is 0 Å². The number of nitrogens with two attached hydrogens (primary N) is 1. The molecule has 3 aromatic rings. The van der Waals surface area contributed by atoms with Gasteiger partial charge in [-0.05, 0) is 36.8 Å². The molecule has 0 radical (unpaired) electrons. The van der Waals surface area contributed by atoms with Gasteiger partial charge in [-0.1, -0.05) is 23.4 Å². The molecular weight excluding hydrogens is 254 g/mol. The first kappa shape index (κ1) is 12.3. The van der Waals surface area contributed by atoms with Crippen LogP contribution in [0.3, 0.4) is 0 Å². The van der Waals surface area contributed by atoms with E-state index < -0.39 is 0 Å². The molecule has 0 aliphatic carbocycles. The molecule has 0 unspecified atom stereocenters. The standard InChI is InChI=1S/C14H13N5O/c1-9-6-7-10(14(20)16-15)8-13(9)19-12-5-3-2-4-11(12)17-18-19/h2-8H,15H2,1H3,(H,16,20). The highest BCUT2D eigenvalue weighted by Gasteiger charge is 2.11. The minimum Gasteiger partial charge on any atom is -0.290 e. The van der Waals surface area contributed by atoms with E-state index in [9.17, 15) is 4.79 Å². The Morgan fingerprint density at radius 3 is 2.85 bits per heavy atom. The van der Waals surface area contributed by atoms with E-state index in [1.807, 2.05) is 37.3 Å². The molecule has 20 heavy (non-hydrogen) atoms. The molecule has 2 aromatic carbocycles. The lowest BCUT2D eigenvalue weighted by atomic mass is 10.1. The summed E-state index contributed by atoms with van der Waals surface area (Å²) in [6.07, 6.45) is 0. The number of hydrogen-bond donors (Lipinski definition) is 2. The number of nitrogen functional groups attached to an aromatic ring is 1. The Morgan fingerprint density at radius 2 is 2.05 bits per heavy atom. The molecule has 0 aliphatic heterocycles. The van der Waals surface area contributed by atoms with Gasteiger partial charge in [0.25, 0.3) is 5.91 Å². The second kappa shape index (κ2) is 4.75. The van der Waals surface area contributed by atoms with Crippen LogP contribution in [0.2, 0.25) is 0 Å². The number of aromatic nitrogens is 3. The SMILES string of the molecule is Cc1ccc(C(=O)NN)cc1-n1nnc2ccccc21. The van der Waals surface area contributed by atoms with Crippen molar-refractivity contribution in [1.82, 2.24) is 20.4 Å². The van der Waals surface area contributed by atoms with Crippen molar-refractivity contribution < 1.29 is 4.79 Å². The largest absolute Gasteiger partial charge is 0.290 e. The summed E-state index contributed by atoms with van der Waals surface area (Å²) in [5, 5.41) is 8.27. The molecule has 0 bridgehead atoms. The van der Waals surface area contributed by atoms with E-state index in [0.29, 0.717) is 5.56 Å². The number of carbonyl (C=O) groups excluding carboxylic acids is 1. The summed E-state index contributed by atoms with van der Waals surface area (Å²) >= 11 is 0. The summed E-state index contributed by atoms with van der Waals surface area (Å²) in [6, 6.07) is 13.0. The smallest absolute Gasteiger partial charge is 0.265 e. The molecule has 0 saturated heterocycles. The minimum atomic E-state index is -0.337.